The molecule has 13 heteroatoms. The number of nitrogens with two attached hydrogens (primary N) is 1. The highest BCUT2D eigenvalue weighted by Gasteiger charge is 2.15. The minimum atomic E-state index is -0.568. The zero-order valence-electron chi connectivity index (χ0n) is 22.5. The van der Waals surface area contributed by atoms with Crippen molar-refractivity contribution in [2.24, 2.45) is 5.92 Å². The Morgan fingerprint density at radius 3 is 1.90 bits per heavy atom. The zero-order chi connectivity index (χ0) is 29.5. The first-order valence-corrected chi connectivity index (χ1v) is 13.1. The maximum atomic E-state index is 10.5. The summed E-state index contributed by atoms with van der Waals surface area (Å²) in [6.45, 7) is 3.30. The fourth-order valence-corrected chi connectivity index (χ4v) is 3.96. The van der Waals surface area contributed by atoms with Crippen molar-refractivity contribution in [1.82, 2.24) is 15.0 Å². The van der Waals surface area contributed by atoms with Crippen molar-refractivity contribution < 1.29 is 24.1 Å². The first-order valence-electron chi connectivity index (χ1n) is 13.1. The van der Waals surface area contributed by atoms with Crippen LogP contribution in [-0.2, 0) is 15.9 Å². The van der Waals surface area contributed by atoms with Gasteiger partial charge in [0.05, 0.1) is 40.6 Å². The Hall–Kier alpha value is -4.62. The van der Waals surface area contributed by atoms with Gasteiger partial charge in [0.25, 0.3) is 11.4 Å². The quantitative estimate of drug-likeness (QED) is 0.250. The van der Waals surface area contributed by atoms with Crippen molar-refractivity contribution in [2.45, 2.75) is 32.1 Å². The van der Waals surface area contributed by atoms with E-state index in [4.69, 9.17) is 15.2 Å². The minimum Gasteiger partial charge on any atom is -0.397 e. The van der Waals surface area contributed by atoms with Gasteiger partial charge in [0, 0.05) is 31.0 Å². The van der Waals surface area contributed by atoms with Crippen LogP contribution in [0.4, 0.5) is 17.1 Å². The molecule has 216 valence electrons. The summed E-state index contributed by atoms with van der Waals surface area (Å²) in [5.41, 5.74) is 9.71. The molecule has 0 radical (unpaired) electrons. The Morgan fingerprint density at radius 2 is 1.39 bits per heavy atom. The molecule has 2 aliphatic heterocycles. The lowest BCUT2D eigenvalue weighted by atomic mass is 9.95. The molecular formula is C28H32N6O7. The fraction of sp³-hybridized carbons (Fsp3) is 0.357. The smallest absolute Gasteiger partial charge is 0.287 e. The second-order valence-electron chi connectivity index (χ2n) is 9.27. The number of hydrogen-bond donors (Lipinski definition) is 1. The summed E-state index contributed by atoms with van der Waals surface area (Å²) in [7, 11) is 0. The maximum absolute atomic E-state index is 10.5. The highest BCUT2D eigenvalue weighted by atomic mass is 16.6. The summed E-state index contributed by atoms with van der Waals surface area (Å²) in [4.78, 5) is 41.4. The van der Waals surface area contributed by atoms with Gasteiger partial charge in [-0.05, 0) is 68.4 Å². The van der Waals surface area contributed by atoms with Gasteiger partial charge < -0.3 is 15.2 Å². The van der Waals surface area contributed by atoms with E-state index in [0.717, 1.165) is 76.1 Å². The van der Waals surface area contributed by atoms with Gasteiger partial charge in [-0.3, -0.25) is 35.0 Å². The molecule has 2 saturated heterocycles. The normalized spacial score (nSPS) is 14.9. The molecule has 0 atom stereocenters. The van der Waals surface area contributed by atoms with Crippen LogP contribution < -0.4 is 5.73 Å². The summed E-state index contributed by atoms with van der Waals surface area (Å²) in [6.07, 6.45) is 11.8. The van der Waals surface area contributed by atoms with E-state index in [-0.39, 0.29) is 17.1 Å². The van der Waals surface area contributed by atoms with Crippen LogP contribution in [0.5, 0.6) is 0 Å². The number of aldehydes is 1. The summed E-state index contributed by atoms with van der Waals surface area (Å²) in [6, 6.07) is 9.60. The summed E-state index contributed by atoms with van der Waals surface area (Å²) < 4.78 is 10.6. The molecule has 3 aromatic heterocycles. The van der Waals surface area contributed by atoms with Crippen molar-refractivity contribution in [2.75, 3.05) is 32.2 Å². The van der Waals surface area contributed by atoms with E-state index in [1.807, 2.05) is 12.1 Å². The van der Waals surface area contributed by atoms with E-state index < -0.39 is 9.85 Å². The topological polar surface area (TPSA) is 186 Å². The number of hydrogen-bond acceptors (Lipinski definition) is 11. The van der Waals surface area contributed by atoms with E-state index in [1.165, 1.54) is 30.0 Å². The van der Waals surface area contributed by atoms with Crippen molar-refractivity contribution in [3.63, 3.8) is 0 Å². The number of carbonyl (C=O) groups is 1. The lowest BCUT2D eigenvalue weighted by Crippen LogP contribution is -2.17. The highest BCUT2D eigenvalue weighted by Crippen LogP contribution is 2.20. The van der Waals surface area contributed by atoms with E-state index in [1.54, 1.807) is 12.3 Å². The van der Waals surface area contributed by atoms with Gasteiger partial charge in [0.1, 0.15) is 18.1 Å². The molecule has 2 N–H and O–H groups in total. The van der Waals surface area contributed by atoms with Crippen LogP contribution in [0.15, 0.2) is 60.6 Å². The molecule has 41 heavy (non-hydrogen) atoms. The molecule has 2 aliphatic rings. The van der Waals surface area contributed by atoms with E-state index in [9.17, 15) is 25.0 Å². The van der Waals surface area contributed by atoms with Crippen molar-refractivity contribution in [3.8, 4) is 0 Å². The van der Waals surface area contributed by atoms with Gasteiger partial charge in [-0.25, -0.2) is 4.98 Å². The molecule has 0 spiro atoms. The van der Waals surface area contributed by atoms with Gasteiger partial charge in [-0.15, -0.1) is 0 Å². The Bertz CT molecular complexity index is 1290. The predicted octanol–water partition coefficient (Wildman–Crippen LogP) is 4.62. The van der Waals surface area contributed by atoms with Gasteiger partial charge >= 0.3 is 0 Å². The molecule has 0 unspecified atom stereocenters. The number of rotatable bonds is 6. The molecular weight excluding hydrogens is 532 g/mol. The number of aromatic nitrogens is 3. The number of nitrogens with zero attached hydrogens (tertiary/aromatic N) is 5. The summed E-state index contributed by atoms with van der Waals surface area (Å²) in [5, 5.41) is 20.5. The van der Waals surface area contributed by atoms with Crippen LogP contribution in [0.1, 0.15) is 47.6 Å². The van der Waals surface area contributed by atoms with Gasteiger partial charge in [0.15, 0.2) is 6.29 Å². The monoisotopic (exact) mass is 564 g/mol. The average molecular weight is 565 g/mol. The Labute approximate surface area is 236 Å². The van der Waals surface area contributed by atoms with Crippen LogP contribution in [0, 0.1) is 26.1 Å². The van der Waals surface area contributed by atoms with E-state index in [0.29, 0.717) is 17.9 Å². The molecule has 0 aliphatic carbocycles. The number of pyridine rings is 3. The first kappa shape index (κ1) is 30.9. The van der Waals surface area contributed by atoms with E-state index in [2.05, 4.69) is 21.0 Å². The standard InChI is InChI=1S/C11H14N2O3.C11H14N2O.C6H4N2O3/c14-13(15)11-2-1-10(12-8-11)7-9-3-5-16-6-4-9;12-10-1-2-11(13-8-10)7-9-3-5-14-6-4-9;9-4-5-1-2-6(3-7-5)8(10)11/h1-2,8-9H,3-7H2;1-2,7-8H,3-6,12H2;1-4H. The Morgan fingerprint density at radius 1 is 0.805 bits per heavy atom. The molecule has 0 bridgehead atoms. The molecule has 0 amide bonds. The van der Waals surface area contributed by atoms with Crippen molar-refractivity contribution >= 4 is 29.4 Å². The Balaban J connectivity index is 0.000000172. The first-order chi connectivity index (χ1) is 19.8. The number of ether oxygens (including phenoxy) is 2. The summed E-state index contributed by atoms with van der Waals surface area (Å²) in [5.74, 6) is 0.600. The third-order valence-electron chi connectivity index (χ3n) is 6.26. The molecule has 13 nitrogen and oxygen atoms in total. The van der Waals surface area contributed by atoms with Crippen LogP contribution >= 0.6 is 0 Å². The largest absolute Gasteiger partial charge is 0.397 e. The fourth-order valence-electron chi connectivity index (χ4n) is 3.96. The number of anilines is 1. The van der Waals surface area contributed by atoms with Gasteiger partial charge in [-0.1, -0.05) is 5.57 Å². The zero-order valence-corrected chi connectivity index (χ0v) is 22.5. The van der Waals surface area contributed by atoms with Crippen molar-refractivity contribution in [1.29, 1.82) is 0 Å². The maximum Gasteiger partial charge on any atom is 0.287 e. The minimum absolute atomic E-state index is 0.0516. The lowest BCUT2D eigenvalue weighted by molar-refractivity contribution is -0.385. The molecule has 5 heterocycles. The number of nitrogen functional groups attached to an aromatic ring is 1. The highest BCUT2D eigenvalue weighted by molar-refractivity contribution is 5.71. The van der Waals surface area contributed by atoms with Crippen LogP contribution in [-0.4, -0.2) is 57.5 Å². The predicted molar refractivity (Wildman–Crippen MR) is 151 cm³/mol. The molecule has 0 aromatic carbocycles. The third kappa shape index (κ3) is 11.2. The average Bonchev–Trinajstić information content (AvgIpc) is 3.00. The lowest BCUT2D eigenvalue weighted by Gasteiger charge is -2.21. The third-order valence-corrected chi connectivity index (χ3v) is 6.26. The molecule has 3 aromatic rings. The van der Waals surface area contributed by atoms with Crippen LogP contribution in [0.2, 0.25) is 0 Å². The van der Waals surface area contributed by atoms with E-state index >= 15 is 0 Å². The van der Waals surface area contributed by atoms with Gasteiger partial charge in [0.2, 0.25) is 0 Å². The molecule has 5 rings (SSSR count). The number of nitro groups is 2. The van der Waals surface area contributed by atoms with Crippen LogP contribution in [0.25, 0.3) is 6.08 Å². The van der Waals surface area contributed by atoms with Crippen molar-refractivity contribution in [3.05, 3.63) is 97.9 Å². The second-order valence-corrected chi connectivity index (χ2v) is 9.27. The van der Waals surface area contributed by atoms with Gasteiger partial charge in [-0.2, -0.15) is 0 Å². The Kier molecular flexibility index (Phi) is 12.4. The SMILES string of the molecule is Nc1ccc(C=C2CCOCC2)nc1.O=Cc1ccc([N+](=O)[O-])cn1.O=[N+]([O-])c1ccc(CC2CCOCC2)nc1. The second kappa shape index (κ2) is 16.5. The number of carbonyl (C=O) groups excluding carboxylic acids is 1. The molecule has 0 saturated carbocycles. The summed E-state index contributed by atoms with van der Waals surface area (Å²) >= 11 is 0. The van der Waals surface area contributed by atoms with Crippen LogP contribution in [0.3, 0.4) is 0 Å². The molecule has 2 fully saturated rings.